The molecule has 1 nitrogen and oxygen atoms in total. The highest BCUT2D eigenvalue weighted by atomic mass is 19.1. The van der Waals surface area contributed by atoms with E-state index < -0.39 is 0 Å². The summed E-state index contributed by atoms with van der Waals surface area (Å²) in [6, 6.07) is 0. The van der Waals surface area contributed by atoms with Gasteiger partial charge in [0.1, 0.15) is 0 Å². The van der Waals surface area contributed by atoms with Gasteiger partial charge in [-0.1, -0.05) is 6.92 Å². The largest absolute Gasteiger partial charge is 0.317 e. The van der Waals surface area contributed by atoms with Crippen molar-refractivity contribution in [3.05, 3.63) is 0 Å². The van der Waals surface area contributed by atoms with E-state index in [1.807, 2.05) is 0 Å². The maximum Gasteiger partial charge on any atom is 0.0897 e. The van der Waals surface area contributed by atoms with Crippen molar-refractivity contribution < 1.29 is 4.39 Å². The second-order valence-corrected chi connectivity index (χ2v) is 3.54. The summed E-state index contributed by atoms with van der Waals surface area (Å²) in [6.07, 6.45) is 3.23. The van der Waals surface area contributed by atoms with Crippen LogP contribution in [0.1, 0.15) is 26.2 Å². The fourth-order valence-corrected chi connectivity index (χ4v) is 1.82. The van der Waals surface area contributed by atoms with E-state index in [4.69, 9.17) is 0 Å². The Morgan fingerprint density at radius 2 is 2.09 bits per heavy atom. The van der Waals surface area contributed by atoms with Crippen LogP contribution in [0.4, 0.5) is 4.39 Å². The molecule has 0 amide bonds. The minimum absolute atomic E-state index is 0.148. The molecular formula is C9H18FN. The molecule has 0 radical (unpaired) electrons. The van der Waals surface area contributed by atoms with Gasteiger partial charge in [0.2, 0.25) is 0 Å². The Bertz CT molecular complexity index is 99.7. The van der Waals surface area contributed by atoms with Crippen LogP contribution in [0.5, 0.6) is 0 Å². The molecule has 0 aliphatic carbocycles. The van der Waals surface area contributed by atoms with E-state index in [9.17, 15) is 4.39 Å². The Balaban J connectivity index is 2.21. The zero-order chi connectivity index (χ0) is 8.10. The van der Waals surface area contributed by atoms with Gasteiger partial charge >= 0.3 is 0 Å². The molecule has 1 rings (SSSR count). The first-order chi connectivity index (χ1) is 5.34. The predicted octanol–water partition coefficient (Wildman–Crippen LogP) is 1.98. The third-order valence-electron chi connectivity index (χ3n) is 2.75. The van der Waals surface area contributed by atoms with Crippen LogP contribution in [0.2, 0.25) is 0 Å². The second-order valence-electron chi connectivity index (χ2n) is 3.54. The minimum atomic E-state index is -0.148. The molecule has 0 saturated carbocycles. The molecule has 0 spiro atoms. The third kappa shape index (κ3) is 2.78. The van der Waals surface area contributed by atoms with E-state index in [1.165, 1.54) is 12.8 Å². The van der Waals surface area contributed by atoms with Gasteiger partial charge in [-0.15, -0.1) is 0 Å². The van der Waals surface area contributed by atoms with Crippen molar-refractivity contribution in [3.8, 4) is 0 Å². The molecule has 0 aromatic carbocycles. The molecule has 11 heavy (non-hydrogen) atoms. The van der Waals surface area contributed by atoms with E-state index in [0.29, 0.717) is 5.92 Å². The van der Waals surface area contributed by atoms with Gasteiger partial charge in [0.15, 0.2) is 0 Å². The van der Waals surface area contributed by atoms with Crippen molar-refractivity contribution in [2.45, 2.75) is 26.2 Å². The number of alkyl halides is 1. The lowest BCUT2D eigenvalue weighted by molar-refractivity contribution is 0.246. The second kappa shape index (κ2) is 4.70. The summed E-state index contributed by atoms with van der Waals surface area (Å²) in [4.78, 5) is 0. The molecule has 1 unspecified atom stereocenters. The molecule has 0 aromatic rings. The van der Waals surface area contributed by atoms with Crippen LogP contribution in [0.25, 0.3) is 0 Å². The number of hydrogen-bond donors (Lipinski definition) is 1. The maximum absolute atomic E-state index is 12.0. The number of rotatable bonds is 3. The van der Waals surface area contributed by atoms with E-state index >= 15 is 0 Å². The quantitative estimate of drug-likeness (QED) is 0.664. The molecule has 1 atom stereocenters. The van der Waals surface area contributed by atoms with Gasteiger partial charge < -0.3 is 5.32 Å². The van der Waals surface area contributed by atoms with Gasteiger partial charge in [0.25, 0.3) is 0 Å². The van der Waals surface area contributed by atoms with Crippen molar-refractivity contribution in [2.75, 3.05) is 19.8 Å². The molecule has 1 N–H and O–H groups in total. The van der Waals surface area contributed by atoms with Crippen molar-refractivity contribution in [1.29, 1.82) is 0 Å². The molecule has 1 heterocycles. The third-order valence-corrected chi connectivity index (χ3v) is 2.75. The highest BCUT2D eigenvalue weighted by molar-refractivity contribution is 4.72. The summed E-state index contributed by atoms with van der Waals surface area (Å²) in [5, 5.41) is 3.32. The lowest BCUT2D eigenvalue weighted by Gasteiger charge is -2.27. The van der Waals surface area contributed by atoms with E-state index in [2.05, 4.69) is 12.2 Å². The average molecular weight is 159 g/mol. The first-order valence-electron chi connectivity index (χ1n) is 4.61. The van der Waals surface area contributed by atoms with Gasteiger partial charge in [0, 0.05) is 0 Å². The van der Waals surface area contributed by atoms with Gasteiger partial charge in [-0.3, -0.25) is 4.39 Å². The smallest absolute Gasteiger partial charge is 0.0897 e. The van der Waals surface area contributed by atoms with Crippen molar-refractivity contribution in [2.24, 2.45) is 11.8 Å². The Morgan fingerprint density at radius 3 is 2.64 bits per heavy atom. The van der Waals surface area contributed by atoms with Crippen LogP contribution >= 0.6 is 0 Å². The fraction of sp³-hybridized carbons (Fsp3) is 1.00. The van der Waals surface area contributed by atoms with Gasteiger partial charge in [-0.25, -0.2) is 0 Å². The molecular weight excluding hydrogens is 141 g/mol. The highest BCUT2D eigenvalue weighted by Crippen LogP contribution is 2.23. The van der Waals surface area contributed by atoms with Gasteiger partial charge in [-0.05, 0) is 44.2 Å². The Hall–Kier alpha value is -0.110. The summed E-state index contributed by atoms with van der Waals surface area (Å²) >= 11 is 0. The van der Waals surface area contributed by atoms with Crippen LogP contribution in [0, 0.1) is 11.8 Å². The van der Waals surface area contributed by atoms with Gasteiger partial charge in [0.05, 0.1) is 6.67 Å². The first-order valence-corrected chi connectivity index (χ1v) is 4.61. The standard InChI is InChI=1S/C9H18FN/c1-8(2-5-10)9-3-6-11-7-4-9/h8-9,11H,2-7H2,1H3. The van der Waals surface area contributed by atoms with Crippen LogP contribution in [0.15, 0.2) is 0 Å². The van der Waals surface area contributed by atoms with Crippen LogP contribution in [-0.4, -0.2) is 19.8 Å². The number of piperidine rings is 1. The molecule has 66 valence electrons. The Kier molecular flexibility index (Phi) is 3.84. The zero-order valence-corrected chi connectivity index (χ0v) is 7.28. The SMILES string of the molecule is CC(CCF)C1CCNCC1. The zero-order valence-electron chi connectivity index (χ0n) is 7.28. The van der Waals surface area contributed by atoms with Crippen LogP contribution < -0.4 is 5.32 Å². The first kappa shape index (κ1) is 8.98. The molecule has 2 heteroatoms. The van der Waals surface area contributed by atoms with E-state index in [0.717, 1.165) is 25.4 Å². The molecule has 1 aliphatic rings. The molecule has 0 bridgehead atoms. The fourth-order valence-electron chi connectivity index (χ4n) is 1.82. The minimum Gasteiger partial charge on any atom is -0.317 e. The monoisotopic (exact) mass is 159 g/mol. The number of halogens is 1. The van der Waals surface area contributed by atoms with Crippen LogP contribution in [0.3, 0.4) is 0 Å². The predicted molar refractivity (Wildman–Crippen MR) is 45.3 cm³/mol. The molecule has 1 fully saturated rings. The van der Waals surface area contributed by atoms with Crippen molar-refractivity contribution in [1.82, 2.24) is 5.32 Å². The summed E-state index contributed by atoms with van der Waals surface area (Å²) in [6.45, 7) is 4.28. The number of hydrogen-bond acceptors (Lipinski definition) is 1. The molecule has 1 saturated heterocycles. The van der Waals surface area contributed by atoms with E-state index in [-0.39, 0.29) is 6.67 Å². The van der Waals surface area contributed by atoms with Crippen molar-refractivity contribution in [3.63, 3.8) is 0 Å². The Morgan fingerprint density at radius 1 is 1.45 bits per heavy atom. The molecule has 1 aliphatic heterocycles. The average Bonchev–Trinajstić information content (AvgIpc) is 2.07. The van der Waals surface area contributed by atoms with E-state index in [1.54, 1.807) is 0 Å². The maximum atomic E-state index is 12.0. The lowest BCUT2D eigenvalue weighted by Crippen LogP contribution is -2.30. The van der Waals surface area contributed by atoms with Crippen LogP contribution in [-0.2, 0) is 0 Å². The topological polar surface area (TPSA) is 12.0 Å². The normalized spacial score (nSPS) is 23.5. The Labute approximate surface area is 68.4 Å². The van der Waals surface area contributed by atoms with Crippen molar-refractivity contribution >= 4 is 0 Å². The highest BCUT2D eigenvalue weighted by Gasteiger charge is 2.18. The summed E-state index contributed by atoms with van der Waals surface area (Å²) in [5.41, 5.74) is 0. The lowest BCUT2D eigenvalue weighted by atomic mass is 9.84. The summed E-state index contributed by atoms with van der Waals surface area (Å²) in [5.74, 6) is 1.36. The summed E-state index contributed by atoms with van der Waals surface area (Å²) in [7, 11) is 0. The molecule has 0 aromatic heterocycles. The summed E-state index contributed by atoms with van der Waals surface area (Å²) < 4.78 is 12.0. The van der Waals surface area contributed by atoms with Gasteiger partial charge in [-0.2, -0.15) is 0 Å². The number of nitrogens with one attached hydrogen (secondary N) is 1.